The van der Waals surface area contributed by atoms with Crippen LogP contribution in [-0.2, 0) is 65.4 Å². The molecule has 0 bridgehead atoms. The second kappa shape index (κ2) is 68.5. The Morgan fingerprint density at radius 3 is 0.701 bits per heavy atom. The summed E-state index contributed by atoms with van der Waals surface area (Å²) in [5.74, 6) is 0.189. The van der Waals surface area contributed by atoms with Gasteiger partial charge in [-0.3, -0.25) is 37.3 Å². The highest BCUT2D eigenvalue weighted by Crippen LogP contribution is 2.45. The second-order valence-electron chi connectivity index (χ2n) is 29.5. The monoisotopic (exact) mass is 1420 g/mol. The van der Waals surface area contributed by atoms with Gasteiger partial charge in [0.15, 0.2) is 12.2 Å². The summed E-state index contributed by atoms with van der Waals surface area (Å²) in [6.45, 7) is 11.9. The average Bonchev–Trinajstić information content (AvgIpc) is 1.26. The number of esters is 4. The molecule has 17 nitrogen and oxygen atoms in total. The third kappa shape index (κ3) is 72.2. The molecule has 97 heavy (non-hydrogen) atoms. The van der Waals surface area contributed by atoms with Crippen LogP contribution in [0, 0.1) is 17.8 Å². The van der Waals surface area contributed by atoms with Gasteiger partial charge in [-0.25, -0.2) is 9.13 Å². The molecule has 0 aliphatic carbocycles. The van der Waals surface area contributed by atoms with Crippen molar-refractivity contribution in [1.29, 1.82) is 0 Å². The minimum Gasteiger partial charge on any atom is -0.462 e. The zero-order chi connectivity index (χ0) is 71.6. The number of phosphoric ester groups is 2. The molecule has 0 aromatic rings. The van der Waals surface area contributed by atoms with E-state index in [4.69, 9.17) is 37.0 Å². The van der Waals surface area contributed by atoms with Crippen LogP contribution in [0.2, 0.25) is 0 Å². The minimum atomic E-state index is -4.96. The summed E-state index contributed by atoms with van der Waals surface area (Å²) in [5.41, 5.74) is 0. The van der Waals surface area contributed by atoms with Crippen LogP contribution < -0.4 is 0 Å². The number of aliphatic hydroxyl groups is 1. The standard InChI is InChI=1S/C78H152O17P2/c1-8-9-10-11-12-13-14-15-16-17-25-32-40-47-54-61-77(82)95-74(66-89-76(81)60-53-46-39-34-27-30-37-44-51-58-71(6)7)68-93-97(86,87)91-64-72(79)63-90-96(84,85)92-67-73(94-78(83)62-55-48-41-33-26-21-19-23-29-36-43-50-57-70(4)5)65-88-75(80)59-52-45-38-31-24-20-18-22-28-35-42-49-56-69(2)3/h69-74,79H,8-68H2,1-7H3,(H,84,85)(H,86,87)/t72-,73-,74-/m1/s1. The van der Waals surface area contributed by atoms with E-state index in [1.54, 1.807) is 0 Å². The van der Waals surface area contributed by atoms with E-state index in [-0.39, 0.29) is 25.7 Å². The third-order valence-electron chi connectivity index (χ3n) is 18.1. The molecule has 0 aromatic heterocycles. The maximum Gasteiger partial charge on any atom is 0.472 e. The highest BCUT2D eigenvalue weighted by atomic mass is 31.2. The molecule has 19 heteroatoms. The summed E-state index contributed by atoms with van der Waals surface area (Å²) in [5, 5.41) is 10.6. The number of unbranched alkanes of at least 4 members (excludes halogenated alkanes) is 44. The van der Waals surface area contributed by atoms with E-state index in [1.807, 2.05) is 0 Å². The fraction of sp³-hybridized carbons (Fsp3) is 0.949. The third-order valence-corrected chi connectivity index (χ3v) is 20.0. The van der Waals surface area contributed by atoms with Crippen LogP contribution in [0.25, 0.3) is 0 Å². The van der Waals surface area contributed by atoms with Gasteiger partial charge in [0.1, 0.15) is 19.3 Å². The molecule has 0 saturated carbocycles. The molecule has 0 fully saturated rings. The lowest BCUT2D eigenvalue weighted by Gasteiger charge is -2.21. The number of ether oxygens (including phenoxy) is 4. The molecule has 5 atom stereocenters. The molecular formula is C78H152O17P2. The van der Waals surface area contributed by atoms with Crippen LogP contribution in [-0.4, -0.2) is 96.7 Å². The smallest absolute Gasteiger partial charge is 0.462 e. The summed E-state index contributed by atoms with van der Waals surface area (Å²) in [4.78, 5) is 72.9. The van der Waals surface area contributed by atoms with Crippen LogP contribution in [0.4, 0.5) is 0 Å². The largest absolute Gasteiger partial charge is 0.472 e. The van der Waals surface area contributed by atoms with Gasteiger partial charge < -0.3 is 33.8 Å². The van der Waals surface area contributed by atoms with Crippen molar-refractivity contribution in [3.05, 3.63) is 0 Å². The summed E-state index contributed by atoms with van der Waals surface area (Å²) in [6.07, 6.45) is 55.3. The Kier molecular flexibility index (Phi) is 67.1. The fourth-order valence-electron chi connectivity index (χ4n) is 12.0. The molecule has 3 N–H and O–H groups in total. The van der Waals surface area contributed by atoms with Gasteiger partial charge in [0, 0.05) is 25.7 Å². The summed E-state index contributed by atoms with van der Waals surface area (Å²) in [7, 11) is -9.92. The van der Waals surface area contributed by atoms with E-state index in [2.05, 4.69) is 48.5 Å². The molecular weight excluding hydrogens is 1270 g/mol. The number of phosphoric acid groups is 2. The Balaban J connectivity index is 5.27. The predicted molar refractivity (Wildman–Crippen MR) is 395 cm³/mol. The molecule has 0 saturated heterocycles. The van der Waals surface area contributed by atoms with Gasteiger partial charge in [0.2, 0.25) is 0 Å². The van der Waals surface area contributed by atoms with Gasteiger partial charge in [-0.1, -0.05) is 350 Å². The average molecular weight is 1420 g/mol. The molecule has 576 valence electrons. The Morgan fingerprint density at radius 2 is 0.474 bits per heavy atom. The SMILES string of the molecule is CCCCCCCCCCCCCCCCCC(=O)O[C@H](COC(=O)CCCCCCCCCCCC(C)C)COP(=O)(O)OC[C@H](O)COP(=O)(O)OC[C@@H](COC(=O)CCCCCCCCCCCCCCC(C)C)OC(=O)CCCCCCCCCCCCCCC(C)C. The Hall–Kier alpha value is -1.94. The maximum absolute atomic E-state index is 13.1. The Bertz CT molecular complexity index is 1890. The minimum absolute atomic E-state index is 0.107. The number of hydrogen-bond donors (Lipinski definition) is 3. The Morgan fingerprint density at radius 1 is 0.278 bits per heavy atom. The van der Waals surface area contributed by atoms with Crippen LogP contribution in [0.5, 0.6) is 0 Å². The van der Waals surface area contributed by atoms with Gasteiger partial charge in [0.05, 0.1) is 26.4 Å². The molecule has 2 unspecified atom stereocenters. The van der Waals surface area contributed by atoms with Crippen LogP contribution >= 0.6 is 15.6 Å². The first-order valence-electron chi connectivity index (χ1n) is 40.3. The number of hydrogen-bond acceptors (Lipinski definition) is 15. The van der Waals surface area contributed by atoms with Gasteiger partial charge in [-0.05, 0) is 43.4 Å². The Labute approximate surface area is 594 Å². The molecule has 0 heterocycles. The lowest BCUT2D eigenvalue weighted by molar-refractivity contribution is -0.161. The molecule has 0 amide bonds. The molecule has 0 aromatic carbocycles. The normalized spacial score (nSPS) is 14.0. The predicted octanol–water partition coefficient (Wildman–Crippen LogP) is 23.0. The highest BCUT2D eigenvalue weighted by molar-refractivity contribution is 7.47. The summed E-state index contributed by atoms with van der Waals surface area (Å²) < 4.78 is 68.6. The molecule has 0 aliphatic rings. The van der Waals surface area contributed by atoms with E-state index in [0.717, 1.165) is 108 Å². The van der Waals surface area contributed by atoms with Crippen molar-refractivity contribution >= 4 is 39.5 Å². The number of rotatable bonds is 76. The van der Waals surface area contributed by atoms with E-state index >= 15 is 0 Å². The lowest BCUT2D eigenvalue weighted by Crippen LogP contribution is -2.30. The molecule has 0 rings (SSSR count). The van der Waals surface area contributed by atoms with Crippen molar-refractivity contribution in [1.82, 2.24) is 0 Å². The number of carbonyl (C=O) groups is 4. The van der Waals surface area contributed by atoms with Crippen molar-refractivity contribution in [2.75, 3.05) is 39.6 Å². The molecule has 0 radical (unpaired) electrons. The zero-order valence-electron chi connectivity index (χ0n) is 63.5. The quantitative estimate of drug-likeness (QED) is 0.0222. The first kappa shape index (κ1) is 95.1. The lowest BCUT2D eigenvalue weighted by atomic mass is 10.0. The summed E-state index contributed by atoms with van der Waals surface area (Å²) >= 11 is 0. The van der Waals surface area contributed by atoms with E-state index in [0.29, 0.717) is 25.7 Å². The topological polar surface area (TPSA) is 237 Å². The van der Waals surface area contributed by atoms with Crippen LogP contribution in [0.3, 0.4) is 0 Å². The highest BCUT2D eigenvalue weighted by Gasteiger charge is 2.30. The van der Waals surface area contributed by atoms with Crippen molar-refractivity contribution in [2.45, 2.75) is 420 Å². The second-order valence-corrected chi connectivity index (χ2v) is 32.4. The number of carbonyl (C=O) groups excluding carboxylic acids is 4. The van der Waals surface area contributed by atoms with E-state index in [9.17, 15) is 43.2 Å². The fourth-order valence-corrected chi connectivity index (χ4v) is 13.5. The van der Waals surface area contributed by atoms with Crippen molar-refractivity contribution in [3.63, 3.8) is 0 Å². The van der Waals surface area contributed by atoms with Crippen LogP contribution in [0.1, 0.15) is 402 Å². The first-order valence-corrected chi connectivity index (χ1v) is 43.3. The van der Waals surface area contributed by atoms with Gasteiger partial charge in [-0.2, -0.15) is 0 Å². The first-order chi connectivity index (χ1) is 46.7. The number of aliphatic hydroxyl groups excluding tert-OH is 1. The van der Waals surface area contributed by atoms with Crippen molar-refractivity contribution in [2.24, 2.45) is 17.8 Å². The van der Waals surface area contributed by atoms with Gasteiger partial charge in [0.25, 0.3) is 0 Å². The zero-order valence-corrected chi connectivity index (χ0v) is 65.3. The van der Waals surface area contributed by atoms with Gasteiger partial charge in [-0.15, -0.1) is 0 Å². The molecule has 0 spiro atoms. The van der Waals surface area contributed by atoms with Gasteiger partial charge >= 0.3 is 39.5 Å². The molecule has 0 aliphatic heterocycles. The maximum atomic E-state index is 13.1. The van der Waals surface area contributed by atoms with Crippen LogP contribution in [0.15, 0.2) is 0 Å². The van der Waals surface area contributed by atoms with E-state index in [1.165, 1.54) is 212 Å². The van der Waals surface area contributed by atoms with Crippen molar-refractivity contribution < 1.29 is 80.2 Å². The van der Waals surface area contributed by atoms with E-state index < -0.39 is 97.5 Å². The van der Waals surface area contributed by atoms with Crippen molar-refractivity contribution in [3.8, 4) is 0 Å². The summed E-state index contributed by atoms with van der Waals surface area (Å²) in [6, 6.07) is 0.